The summed E-state index contributed by atoms with van der Waals surface area (Å²) < 4.78 is 39.5. The largest absolute Gasteiger partial charge is 0.418 e. The van der Waals surface area contributed by atoms with E-state index in [1.54, 1.807) is 5.38 Å². The van der Waals surface area contributed by atoms with Crippen molar-refractivity contribution in [3.8, 4) is 17.3 Å². The lowest BCUT2D eigenvalue weighted by molar-refractivity contribution is -0.136. The molecule has 1 aromatic heterocycles. The Kier molecular flexibility index (Phi) is 5.49. The number of benzene rings is 2. The topological polar surface area (TPSA) is 48.7 Å². The number of allylic oxidation sites excluding steroid dienone is 1. The first-order valence-electron chi connectivity index (χ1n) is 7.63. The van der Waals surface area contributed by atoms with Crippen LogP contribution < -0.4 is 5.32 Å². The normalized spacial score (nSPS) is 11.9. The number of nitrogens with one attached hydrogen (secondary N) is 1. The van der Waals surface area contributed by atoms with Gasteiger partial charge >= 0.3 is 6.18 Å². The summed E-state index contributed by atoms with van der Waals surface area (Å²) in [6, 6.07) is 14.7. The van der Waals surface area contributed by atoms with Gasteiger partial charge in [-0.2, -0.15) is 18.4 Å². The first kappa shape index (κ1) is 19.0. The Morgan fingerprint density at radius 3 is 2.59 bits per heavy atom. The summed E-state index contributed by atoms with van der Waals surface area (Å²) in [5, 5.41) is 14.1. The second kappa shape index (κ2) is 7.82. The van der Waals surface area contributed by atoms with Crippen molar-refractivity contribution >= 4 is 34.2 Å². The van der Waals surface area contributed by atoms with Crippen LogP contribution in [0, 0.1) is 11.3 Å². The van der Waals surface area contributed by atoms with Crippen LogP contribution in [0.3, 0.4) is 0 Å². The van der Waals surface area contributed by atoms with Gasteiger partial charge in [-0.15, -0.1) is 11.3 Å². The average Bonchev–Trinajstić information content (AvgIpc) is 3.13. The summed E-state index contributed by atoms with van der Waals surface area (Å²) in [5.41, 5.74) is 0.610. The van der Waals surface area contributed by atoms with E-state index in [-0.39, 0.29) is 16.3 Å². The molecular formula is C19H11ClF3N3S. The number of thiazole rings is 1. The Balaban J connectivity index is 1.89. The van der Waals surface area contributed by atoms with Crippen LogP contribution in [0.4, 0.5) is 18.9 Å². The van der Waals surface area contributed by atoms with Crippen molar-refractivity contribution in [3.05, 3.63) is 75.7 Å². The number of alkyl halides is 3. The van der Waals surface area contributed by atoms with Crippen LogP contribution in [0.5, 0.6) is 0 Å². The molecule has 0 fully saturated rings. The molecule has 0 aliphatic rings. The third-order valence-electron chi connectivity index (χ3n) is 3.58. The van der Waals surface area contributed by atoms with Crippen LogP contribution in [0.1, 0.15) is 10.6 Å². The Bertz CT molecular complexity index is 1020. The molecule has 0 radical (unpaired) electrons. The van der Waals surface area contributed by atoms with E-state index in [9.17, 15) is 18.4 Å². The molecule has 0 aliphatic carbocycles. The number of hydrogen-bond donors (Lipinski definition) is 1. The Morgan fingerprint density at radius 2 is 1.93 bits per heavy atom. The minimum Gasteiger partial charge on any atom is -0.360 e. The predicted molar refractivity (Wildman–Crippen MR) is 101 cm³/mol. The third-order valence-corrected chi connectivity index (χ3v) is 4.69. The van der Waals surface area contributed by atoms with E-state index >= 15 is 0 Å². The molecule has 0 saturated heterocycles. The maximum absolute atomic E-state index is 13.2. The lowest BCUT2D eigenvalue weighted by Crippen LogP contribution is -2.08. The van der Waals surface area contributed by atoms with Crippen molar-refractivity contribution in [1.82, 2.24) is 4.98 Å². The maximum atomic E-state index is 13.2. The minimum atomic E-state index is -4.57. The molecule has 0 unspecified atom stereocenters. The molecule has 1 N–H and O–H groups in total. The van der Waals surface area contributed by atoms with Crippen molar-refractivity contribution in [1.29, 1.82) is 5.26 Å². The van der Waals surface area contributed by atoms with Gasteiger partial charge in [0.2, 0.25) is 0 Å². The fraction of sp³-hybridized carbons (Fsp3) is 0.0526. The molecular weight excluding hydrogens is 395 g/mol. The van der Waals surface area contributed by atoms with Crippen LogP contribution in [0.15, 0.2) is 60.1 Å². The van der Waals surface area contributed by atoms with Gasteiger partial charge < -0.3 is 5.32 Å². The number of aromatic nitrogens is 1. The monoisotopic (exact) mass is 405 g/mol. The SMILES string of the molecule is N#C/C(=C\Nc1ccc(Cl)cc1C(F)(F)F)c1nc(-c2ccccc2)cs1. The van der Waals surface area contributed by atoms with E-state index in [0.717, 1.165) is 11.6 Å². The quantitative estimate of drug-likeness (QED) is 0.507. The van der Waals surface area contributed by atoms with Crippen molar-refractivity contribution in [3.63, 3.8) is 0 Å². The standard InChI is InChI=1S/C19H11ClF3N3S/c20-14-6-7-16(15(8-14)19(21,22)23)25-10-13(9-24)18-26-17(11-27-18)12-4-2-1-3-5-12/h1-8,10-11,25H/b13-10+. The highest BCUT2D eigenvalue weighted by Gasteiger charge is 2.33. The number of rotatable bonds is 4. The van der Waals surface area contributed by atoms with Crippen LogP contribution >= 0.6 is 22.9 Å². The minimum absolute atomic E-state index is 0.0233. The Morgan fingerprint density at radius 1 is 1.19 bits per heavy atom. The third kappa shape index (κ3) is 4.48. The molecule has 2 aromatic carbocycles. The van der Waals surface area contributed by atoms with Gasteiger partial charge in [-0.1, -0.05) is 41.9 Å². The molecule has 3 rings (SSSR count). The van der Waals surface area contributed by atoms with E-state index in [0.29, 0.717) is 10.7 Å². The first-order valence-corrected chi connectivity index (χ1v) is 8.89. The van der Waals surface area contributed by atoms with E-state index in [2.05, 4.69) is 10.3 Å². The maximum Gasteiger partial charge on any atom is 0.418 e. The molecule has 0 aliphatic heterocycles. The highest BCUT2D eigenvalue weighted by molar-refractivity contribution is 7.11. The second-order valence-corrected chi connectivity index (χ2v) is 6.70. The second-order valence-electron chi connectivity index (χ2n) is 5.41. The number of nitriles is 1. The van der Waals surface area contributed by atoms with Crippen LogP contribution in [-0.2, 0) is 6.18 Å². The zero-order valence-electron chi connectivity index (χ0n) is 13.6. The highest BCUT2D eigenvalue weighted by atomic mass is 35.5. The molecule has 0 amide bonds. The van der Waals surface area contributed by atoms with Gasteiger partial charge in [-0.25, -0.2) is 4.98 Å². The summed E-state index contributed by atoms with van der Waals surface area (Å²) >= 11 is 6.91. The molecule has 0 bridgehead atoms. The molecule has 3 aromatic rings. The van der Waals surface area contributed by atoms with Gasteiger partial charge in [-0.3, -0.25) is 0 Å². The van der Waals surface area contributed by atoms with Crippen molar-refractivity contribution in [2.45, 2.75) is 6.18 Å². The average molecular weight is 406 g/mol. The molecule has 0 saturated carbocycles. The number of nitrogens with zero attached hydrogens (tertiary/aromatic N) is 2. The number of halogens is 4. The van der Waals surface area contributed by atoms with Gasteiger partial charge in [0.05, 0.1) is 16.9 Å². The fourth-order valence-electron chi connectivity index (χ4n) is 2.31. The van der Waals surface area contributed by atoms with Crippen molar-refractivity contribution < 1.29 is 13.2 Å². The molecule has 3 nitrogen and oxygen atoms in total. The van der Waals surface area contributed by atoms with Crippen molar-refractivity contribution in [2.24, 2.45) is 0 Å². The predicted octanol–water partition coefficient (Wildman–Crippen LogP) is 6.46. The number of anilines is 1. The van der Waals surface area contributed by atoms with E-state index in [1.165, 1.54) is 29.7 Å². The van der Waals surface area contributed by atoms with E-state index in [4.69, 9.17) is 11.6 Å². The van der Waals surface area contributed by atoms with Gasteiger partial charge in [0.15, 0.2) is 0 Å². The van der Waals surface area contributed by atoms with Gasteiger partial charge in [-0.05, 0) is 18.2 Å². The van der Waals surface area contributed by atoms with Crippen LogP contribution in [0.25, 0.3) is 16.8 Å². The molecule has 27 heavy (non-hydrogen) atoms. The summed E-state index contributed by atoms with van der Waals surface area (Å²) in [7, 11) is 0. The zero-order chi connectivity index (χ0) is 19.4. The van der Waals surface area contributed by atoms with Crippen LogP contribution in [-0.4, -0.2) is 4.98 Å². The molecule has 136 valence electrons. The zero-order valence-corrected chi connectivity index (χ0v) is 15.2. The molecule has 1 heterocycles. The highest BCUT2D eigenvalue weighted by Crippen LogP contribution is 2.36. The first-order chi connectivity index (χ1) is 12.9. The lowest BCUT2D eigenvalue weighted by Gasteiger charge is -2.13. The van der Waals surface area contributed by atoms with Crippen LogP contribution in [0.2, 0.25) is 5.02 Å². The summed E-state index contributed by atoms with van der Waals surface area (Å²) in [5.74, 6) is 0. The van der Waals surface area contributed by atoms with E-state index < -0.39 is 11.7 Å². The summed E-state index contributed by atoms with van der Waals surface area (Å²) in [4.78, 5) is 4.39. The lowest BCUT2D eigenvalue weighted by atomic mass is 10.1. The molecule has 8 heteroatoms. The number of hydrogen-bond acceptors (Lipinski definition) is 4. The van der Waals surface area contributed by atoms with Crippen molar-refractivity contribution in [2.75, 3.05) is 5.32 Å². The van der Waals surface area contributed by atoms with E-state index in [1.807, 2.05) is 36.4 Å². The Labute approximate surface area is 162 Å². The molecule has 0 spiro atoms. The Hall–Kier alpha value is -2.82. The summed E-state index contributed by atoms with van der Waals surface area (Å²) in [6.07, 6.45) is -3.36. The summed E-state index contributed by atoms with van der Waals surface area (Å²) in [6.45, 7) is 0. The smallest absolute Gasteiger partial charge is 0.360 e. The van der Waals surface area contributed by atoms with Gasteiger partial charge in [0.1, 0.15) is 16.6 Å². The van der Waals surface area contributed by atoms with Gasteiger partial charge in [0.25, 0.3) is 0 Å². The molecule has 0 atom stereocenters. The fourth-order valence-corrected chi connectivity index (χ4v) is 3.27. The van der Waals surface area contributed by atoms with Gasteiger partial charge in [0, 0.05) is 22.2 Å².